The standard InChI is InChI=1S/C30H19ClN2O2S2/c31-21-13-10-18(11-14-21)27-29(37-26-9-5-4-8-23(26)32-27)28(35)22-16-20(12-15-25(22)34)24-17-36-30(33-24)19-6-2-1-3-7-19/h1-17,32,34H. The molecule has 6 rings (SSSR count). The van der Waals surface area contributed by atoms with E-state index < -0.39 is 0 Å². The summed E-state index contributed by atoms with van der Waals surface area (Å²) in [5.41, 5.74) is 5.21. The van der Waals surface area contributed by atoms with Crippen molar-refractivity contribution in [2.75, 3.05) is 5.32 Å². The van der Waals surface area contributed by atoms with Gasteiger partial charge < -0.3 is 10.4 Å². The summed E-state index contributed by atoms with van der Waals surface area (Å²) in [6.07, 6.45) is 0. The predicted octanol–water partition coefficient (Wildman–Crippen LogP) is 8.61. The number of thioether (sulfide) groups is 1. The molecular formula is C30H19ClN2O2S2. The van der Waals surface area contributed by atoms with E-state index in [-0.39, 0.29) is 17.1 Å². The maximum atomic E-state index is 14.0. The number of carbonyl (C=O) groups is 1. The summed E-state index contributed by atoms with van der Waals surface area (Å²) in [6, 6.07) is 30.2. The van der Waals surface area contributed by atoms with Crippen LogP contribution >= 0.6 is 34.7 Å². The van der Waals surface area contributed by atoms with Gasteiger partial charge in [0, 0.05) is 26.4 Å². The van der Waals surface area contributed by atoms with Crippen molar-refractivity contribution in [2.24, 2.45) is 0 Å². The van der Waals surface area contributed by atoms with Crippen LogP contribution in [0.3, 0.4) is 0 Å². The Bertz CT molecular complexity index is 1660. The summed E-state index contributed by atoms with van der Waals surface area (Å²) in [5, 5.41) is 17.6. The predicted molar refractivity (Wildman–Crippen MR) is 153 cm³/mol. The van der Waals surface area contributed by atoms with Gasteiger partial charge in [-0.1, -0.05) is 78.0 Å². The molecule has 180 valence electrons. The van der Waals surface area contributed by atoms with Crippen molar-refractivity contribution in [2.45, 2.75) is 4.90 Å². The minimum atomic E-state index is -0.269. The average molecular weight is 539 g/mol. The quantitative estimate of drug-likeness (QED) is 0.219. The van der Waals surface area contributed by atoms with E-state index >= 15 is 0 Å². The monoisotopic (exact) mass is 538 g/mol. The summed E-state index contributed by atoms with van der Waals surface area (Å²) >= 11 is 9.05. The first-order valence-electron chi connectivity index (χ1n) is 11.5. The van der Waals surface area contributed by atoms with Gasteiger partial charge in [0.25, 0.3) is 0 Å². The van der Waals surface area contributed by atoms with Gasteiger partial charge in [0.05, 0.1) is 27.5 Å². The fourth-order valence-electron chi connectivity index (χ4n) is 4.11. The third kappa shape index (κ3) is 4.67. The van der Waals surface area contributed by atoms with Gasteiger partial charge in [-0.05, 0) is 48.0 Å². The van der Waals surface area contributed by atoms with E-state index in [4.69, 9.17) is 16.6 Å². The number of allylic oxidation sites excluding steroid dienone is 1. The van der Waals surface area contributed by atoms with Crippen molar-refractivity contribution in [3.63, 3.8) is 0 Å². The molecule has 1 aromatic heterocycles. The Labute approximate surface area is 227 Å². The normalized spacial score (nSPS) is 12.7. The third-order valence-corrected chi connectivity index (χ3v) is 8.30. The number of thiazole rings is 1. The Morgan fingerprint density at radius 2 is 1.57 bits per heavy atom. The Kier molecular flexibility index (Phi) is 6.30. The second-order valence-corrected chi connectivity index (χ2v) is 10.7. The first-order valence-corrected chi connectivity index (χ1v) is 13.6. The van der Waals surface area contributed by atoms with Crippen molar-refractivity contribution in [1.82, 2.24) is 4.98 Å². The SMILES string of the molecule is O=C(C1=C(c2ccc(Cl)cc2)Nc2ccccc2S1)c1cc(-c2csc(-c3ccccc3)n2)ccc1O. The van der Waals surface area contributed by atoms with Gasteiger partial charge in [0.1, 0.15) is 10.8 Å². The summed E-state index contributed by atoms with van der Waals surface area (Å²) in [5.74, 6) is -0.343. The van der Waals surface area contributed by atoms with E-state index in [9.17, 15) is 9.90 Å². The Balaban J connectivity index is 1.41. The van der Waals surface area contributed by atoms with Crippen molar-refractivity contribution in [3.8, 4) is 27.6 Å². The molecule has 2 N–H and O–H groups in total. The van der Waals surface area contributed by atoms with Gasteiger partial charge in [-0.15, -0.1) is 11.3 Å². The highest BCUT2D eigenvalue weighted by molar-refractivity contribution is 8.04. The van der Waals surface area contributed by atoms with Gasteiger partial charge in [-0.25, -0.2) is 4.98 Å². The number of aromatic hydroxyl groups is 1. The number of nitrogens with zero attached hydrogens (tertiary/aromatic N) is 1. The molecule has 37 heavy (non-hydrogen) atoms. The summed E-state index contributed by atoms with van der Waals surface area (Å²) in [6.45, 7) is 0. The minimum absolute atomic E-state index is 0.0744. The summed E-state index contributed by atoms with van der Waals surface area (Å²) in [7, 11) is 0. The van der Waals surface area contributed by atoms with Crippen LogP contribution in [0.2, 0.25) is 5.02 Å². The molecule has 1 aliphatic rings. The molecule has 2 heterocycles. The number of para-hydroxylation sites is 1. The zero-order chi connectivity index (χ0) is 25.4. The van der Waals surface area contributed by atoms with Crippen LogP contribution in [0.1, 0.15) is 15.9 Å². The highest BCUT2D eigenvalue weighted by Gasteiger charge is 2.27. The fourth-order valence-corrected chi connectivity index (χ4v) is 6.14. The maximum absolute atomic E-state index is 14.0. The minimum Gasteiger partial charge on any atom is -0.507 e. The van der Waals surface area contributed by atoms with Crippen molar-refractivity contribution in [3.05, 3.63) is 123 Å². The van der Waals surface area contributed by atoms with Gasteiger partial charge in [0.2, 0.25) is 5.78 Å². The Morgan fingerprint density at radius 1 is 0.838 bits per heavy atom. The lowest BCUT2D eigenvalue weighted by atomic mass is 10.0. The number of aromatic nitrogens is 1. The van der Waals surface area contributed by atoms with Crippen LogP contribution < -0.4 is 5.32 Å². The molecule has 5 aromatic rings. The zero-order valence-corrected chi connectivity index (χ0v) is 21.7. The number of carbonyl (C=O) groups excluding carboxylic acids is 1. The molecule has 1 aliphatic heterocycles. The van der Waals surface area contributed by atoms with E-state index in [2.05, 4.69) is 5.32 Å². The van der Waals surface area contributed by atoms with Gasteiger partial charge in [0.15, 0.2) is 0 Å². The highest BCUT2D eigenvalue weighted by Crippen LogP contribution is 2.45. The molecule has 7 heteroatoms. The number of nitrogens with one attached hydrogen (secondary N) is 1. The topological polar surface area (TPSA) is 62.2 Å². The molecule has 0 bridgehead atoms. The lowest BCUT2D eigenvalue weighted by molar-refractivity contribution is 0.104. The number of hydrogen-bond acceptors (Lipinski definition) is 6. The Hall–Kier alpha value is -3.84. The van der Waals surface area contributed by atoms with E-state index in [1.807, 2.05) is 72.1 Å². The molecule has 4 nitrogen and oxygen atoms in total. The smallest absolute Gasteiger partial charge is 0.205 e. The molecule has 0 saturated carbocycles. The third-order valence-electron chi connectivity index (χ3n) is 5.99. The molecule has 0 fully saturated rings. The van der Waals surface area contributed by atoms with Crippen LogP contribution in [0.25, 0.3) is 27.5 Å². The lowest BCUT2D eigenvalue weighted by Gasteiger charge is -2.24. The number of phenols is 1. The van der Waals surface area contributed by atoms with Gasteiger partial charge in [-0.3, -0.25) is 4.79 Å². The molecule has 0 radical (unpaired) electrons. The molecular weight excluding hydrogens is 520 g/mol. The first kappa shape index (κ1) is 23.6. The van der Waals surface area contributed by atoms with Gasteiger partial charge in [-0.2, -0.15) is 0 Å². The van der Waals surface area contributed by atoms with Crippen LogP contribution in [0.15, 0.2) is 112 Å². The number of phenolic OH excluding ortho intramolecular Hbond substituents is 1. The number of hydrogen-bond donors (Lipinski definition) is 2. The van der Waals surface area contributed by atoms with Crippen LogP contribution in [0.5, 0.6) is 5.75 Å². The molecule has 0 aliphatic carbocycles. The lowest BCUT2D eigenvalue weighted by Crippen LogP contribution is -2.13. The second kappa shape index (κ2) is 9.90. The van der Waals surface area contributed by atoms with Crippen LogP contribution in [-0.2, 0) is 0 Å². The number of rotatable bonds is 5. The van der Waals surface area contributed by atoms with E-state index in [1.165, 1.54) is 11.8 Å². The van der Waals surface area contributed by atoms with E-state index in [1.54, 1.807) is 41.7 Å². The molecule has 0 atom stereocenters. The van der Waals surface area contributed by atoms with Crippen molar-refractivity contribution < 1.29 is 9.90 Å². The zero-order valence-electron chi connectivity index (χ0n) is 19.3. The average Bonchev–Trinajstić information content (AvgIpc) is 3.44. The number of Topliss-reactive ketones (excluding diaryl/α,β-unsaturated/α-hetero) is 1. The first-order chi connectivity index (χ1) is 18.1. The van der Waals surface area contributed by atoms with Crippen LogP contribution in [-0.4, -0.2) is 15.9 Å². The summed E-state index contributed by atoms with van der Waals surface area (Å²) in [4.78, 5) is 20.2. The number of ketones is 1. The van der Waals surface area contributed by atoms with E-state index in [0.717, 1.165) is 38.0 Å². The van der Waals surface area contributed by atoms with Crippen LogP contribution in [0, 0.1) is 0 Å². The molecule has 0 spiro atoms. The number of anilines is 1. The molecule has 4 aromatic carbocycles. The maximum Gasteiger partial charge on any atom is 0.205 e. The molecule has 0 unspecified atom stereocenters. The molecule has 0 saturated heterocycles. The second-order valence-electron chi connectivity index (χ2n) is 8.40. The molecule has 0 amide bonds. The largest absolute Gasteiger partial charge is 0.507 e. The fraction of sp³-hybridized carbons (Fsp3) is 0. The van der Waals surface area contributed by atoms with E-state index in [0.29, 0.717) is 15.6 Å². The number of halogens is 1. The number of benzene rings is 4. The highest BCUT2D eigenvalue weighted by atomic mass is 35.5. The van der Waals surface area contributed by atoms with Crippen molar-refractivity contribution >= 4 is 51.9 Å². The number of fused-ring (bicyclic) bond motifs is 1. The summed E-state index contributed by atoms with van der Waals surface area (Å²) < 4.78 is 0. The Morgan fingerprint density at radius 3 is 2.38 bits per heavy atom. The van der Waals surface area contributed by atoms with Crippen molar-refractivity contribution in [1.29, 1.82) is 0 Å². The van der Waals surface area contributed by atoms with Crippen LogP contribution in [0.4, 0.5) is 5.69 Å². The van der Waals surface area contributed by atoms with Gasteiger partial charge >= 0.3 is 0 Å².